The van der Waals surface area contributed by atoms with E-state index < -0.39 is 0 Å². The molecule has 2 heterocycles. The molecule has 0 radical (unpaired) electrons. The van der Waals surface area contributed by atoms with E-state index >= 15 is 0 Å². The number of Topliss-reactive ketones (excluding diaryl/α,β-unsaturated/α-hetero) is 1. The van der Waals surface area contributed by atoms with Crippen molar-refractivity contribution in [3.63, 3.8) is 0 Å². The number of aromatic nitrogens is 3. The van der Waals surface area contributed by atoms with Crippen LogP contribution in [0.4, 0.5) is 0 Å². The maximum Gasteiger partial charge on any atom is 0.277 e. The van der Waals surface area contributed by atoms with Gasteiger partial charge in [0.2, 0.25) is 0 Å². The predicted octanol–water partition coefficient (Wildman–Crippen LogP) is 0.521. The molecular formula is C9H7N3O2. The maximum atomic E-state index is 11.3. The molecule has 0 saturated carbocycles. The Balaban J connectivity index is 2.95. The molecule has 0 aliphatic carbocycles. The van der Waals surface area contributed by atoms with Crippen molar-refractivity contribution >= 4 is 16.8 Å². The van der Waals surface area contributed by atoms with Crippen LogP contribution >= 0.6 is 0 Å². The standard InChI is InChI=1S/C9H7N3O2/c1-5(13)6-2-3-10-8-7(6)11-4-12-9(8)14/h2-4H,1H3,(H,11,12,14). The Morgan fingerprint density at radius 2 is 2.14 bits per heavy atom. The van der Waals surface area contributed by atoms with Crippen LogP contribution in [0, 0.1) is 0 Å². The monoisotopic (exact) mass is 189 g/mol. The summed E-state index contributed by atoms with van der Waals surface area (Å²) in [7, 11) is 0. The molecule has 1 N–H and O–H groups in total. The highest BCUT2D eigenvalue weighted by molar-refractivity contribution is 6.04. The fourth-order valence-corrected chi connectivity index (χ4v) is 1.26. The second-order valence-corrected chi connectivity index (χ2v) is 2.84. The van der Waals surface area contributed by atoms with Crippen molar-refractivity contribution in [1.82, 2.24) is 15.0 Å². The molecule has 14 heavy (non-hydrogen) atoms. The zero-order valence-corrected chi connectivity index (χ0v) is 7.44. The van der Waals surface area contributed by atoms with Gasteiger partial charge in [-0.15, -0.1) is 0 Å². The first kappa shape index (κ1) is 8.55. The molecule has 0 bridgehead atoms. The van der Waals surface area contributed by atoms with Gasteiger partial charge in [0, 0.05) is 11.8 Å². The molecule has 0 spiro atoms. The van der Waals surface area contributed by atoms with Crippen LogP contribution in [-0.2, 0) is 0 Å². The predicted molar refractivity (Wildman–Crippen MR) is 50.2 cm³/mol. The average Bonchev–Trinajstić information content (AvgIpc) is 2.17. The second-order valence-electron chi connectivity index (χ2n) is 2.84. The van der Waals surface area contributed by atoms with Gasteiger partial charge >= 0.3 is 0 Å². The van der Waals surface area contributed by atoms with E-state index in [4.69, 9.17) is 0 Å². The number of fused-ring (bicyclic) bond motifs is 1. The van der Waals surface area contributed by atoms with Crippen molar-refractivity contribution in [2.75, 3.05) is 0 Å². The third kappa shape index (κ3) is 1.19. The first-order valence-electron chi connectivity index (χ1n) is 4.03. The molecule has 5 nitrogen and oxygen atoms in total. The van der Waals surface area contributed by atoms with Gasteiger partial charge in [-0.05, 0) is 13.0 Å². The molecule has 0 aromatic carbocycles. The average molecular weight is 189 g/mol. The molecule has 0 atom stereocenters. The molecule has 0 aliphatic rings. The highest BCUT2D eigenvalue weighted by Crippen LogP contribution is 2.09. The van der Waals surface area contributed by atoms with Gasteiger partial charge in [-0.3, -0.25) is 9.59 Å². The summed E-state index contributed by atoms with van der Waals surface area (Å²) in [5.74, 6) is -0.129. The van der Waals surface area contributed by atoms with Crippen LogP contribution in [0.5, 0.6) is 0 Å². The van der Waals surface area contributed by atoms with E-state index in [0.29, 0.717) is 11.1 Å². The topological polar surface area (TPSA) is 75.7 Å². The van der Waals surface area contributed by atoms with Crippen molar-refractivity contribution in [3.05, 3.63) is 34.5 Å². The number of ketones is 1. The highest BCUT2D eigenvalue weighted by Gasteiger charge is 2.08. The lowest BCUT2D eigenvalue weighted by atomic mass is 10.1. The van der Waals surface area contributed by atoms with E-state index in [1.165, 1.54) is 19.4 Å². The molecule has 0 fully saturated rings. The Morgan fingerprint density at radius 1 is 1.36 bits per heavy atom. The number of nitrogens with zero attached hydrogens (tertiary/aromatic N) is 2. The Bertz CT molecular complexity index is 559. The maximum absolute atomic E-state index is 11.3. The van der Waals surface area contributed by atoms with Gasteiger partial charge in [0.1, 0.15) is 5.52 Å². The normalized spacial score (nSPS) is 10.4. The summed E-state index contributed by atoms with van der Waals surface area (Å²) in [6.07, 6.45) is 2.69. The van der Waals surface area contributed by atoms with E-state index in [1.807, 2.05) is 0 Å². The van der Waals surface area contributed by atoms with Crippen molar-refractivity contribution in [3.8, 4) is 0 Å². The highest BCUT2D eigenvalue weighted by atomic mass is 16.1. The number of rotatable bonds is 1. The third-order valence-electron chi connectivity index (χ3n) is 1.91. The number of nitrogens with one attached hydrogen (secondary N) is 1. The number of H-pyrrole nitrogens is 1. The number of carbonyl (C=O) groups is 1. The number of hydrogen-bond acceptors (Lipinski definition) is 4. The van der Waals surface area contributed by atoms with Crippen molar-refractivity contribution in [1.29, 1.82) is 0 Å². The molecule has 2 rings (SSSR count). The van der Waals surface area contributed by atoms with Crippen LogP contribution in [0.2, 0.25) is 0 Å². The van der Waals surface area contributed by atoms with Gasteiger partial charge < -0.3 is 4.98 Å². The van der Waals surface area contributed by atoms with Crippen molar-refractivity contribution < 1.29 is 4.79 Å². The zero-order valence-electron chi connectivity index (χ0n) is 7.44. The van der Waals surface area contributed by atoms with Crippen LogP contribution in [0.25, 0.3) is 11.0 Å². The first-order chi connectivity index (χ1) is 6.70. The van der Waals surface area contributed by atoms with Crippen LogP contribution in [0.3, 0.4) is 0 Å². The number of aromatic amines is 1. The summed E-state index contributed by atoms with van der Waals surface area (Å²) < 4.78 is 0. The SMILES string of the molecule is CC(=O)c1ccnc2c(=O)[nH]cnc12. The summed E-state index contributed by atoms with van der Waals surface area (Å²) in [5, 5.41) is 0. The molecule has 70 valence electrons. The molecule has 0 aliphatic heterocycles. The fourth-order valence-electron chi connectivity index (χ4n) is 1.26. The minimum absolute atomic E-state index is 0.129. The fraction of sp³-hybridized carbons (Fsp3) is 0.111. The van der Waals surface area contributed by atoms with E-state index in [0.717, 1.165) is 0 Å². The molecule has 0 saturated heterocycles. The van der Waals surface area contributed by atoms with Gasteiger partial charge in [0.15, 0.2) is 11.3 Å². The Kier molecular flexibility index (Phi) is 1.85. The van der Waals surface area contributed by atoms with Crippen LogP contribution in [0.1, 0.15) is 17.3 Å². The quantitative estimate of drug-likeness (QED) is 0.663. The summed E-state index contributed by atoms with van der Waals surface area (Å²) in [6, 6.07) is 1.55. The molecule has 5 heteroatoms. The van der Waals surface area contributed by atoms with Gasteiger partial charge in [-0.2, -0.15) is 0 Å². The van der Waals surface area contributed by atoms with Gasteiger partial charge in [0.25, 0.3) is 5.56 Å². The zero-order chi connectivity index (χ0) is 10.1. The smallest absolute Gasteiger partial charge is 0.277 e. The molecule has 2 aromatic heterocycles. The molecule has 2 aromatic rings. The number of hydrogen-bond donors (Lipinski definition) is 1. The number of carbonyl (C=O) groups excluding carboxylic acids is 1. The molecule has 0 amide bonds. The van der Waals surface area contributed by atoms with Crippen molar-refractivity contribution in [2.24, 2.45) is 0 Å². The van der Waals surface area contributed by atoms with Gasteiger partial charge in [-0.25, -0.2) is 9.97 Å². The van der Waals surface area contributed by atoms with Crippen molar-refractivity contribution in [2.45, 2.75) is 6.92 Å². The lowest BCUT2D eigenvalue weighted by molar-refractivity contribution is 0.101. The minimum Gasteiger partial charge on any atom is -0.311 e. The van der Waals surface area contributed by atoms with Crippen LogP contribution in [-0.4, -0.2) is 20.7 Å². The summed E-state index contributed by atoms with van der Waals surface area (Å²) in [5.41, 5.74) is 0.628. The van der Waals surface area contributed by atoms with E-state index in [-0.39, 0.29) is 16.9 Å². The Labute approximate surface area is 78.8 Å². The summed E-state index contributed by atoms with van der Waals surface area (Å²) >= 11 is 0. The van der Waals surface area contributed by atoms with Gasteiger partial charge in [-0.1, -0.05) is 0 Å². The lowest BCUT2D eigenvalue weighted by Crippen LogP contribution is -2.10. The molecular weight excluding hydrogens is 182 g/mol. The third-order valence-corrected chi connectivity index (χ3v) is 1.91. The van der Waals surface area contributed by atoms with Gasteiger partial charge in [0.05, 0.1) is 6.33 Å². The number of pyridine rings is 1. The Morgan fingerprint density at radius 3 is 2.86 bits per heavy atom. The van der Waals surface area contributed by atoms with Crippen LogP contribution in [0.15, 0.2) is 23.4 Å². The second kappa shape index (κ2) is 3.02. The minimum atomic E-state index is -0.335. The lowest BCUT2D eigenvalue weighted by Gasteiger charge is -1.98. The van der Waals surface area contributed by atoms with Crippen LogP contribution < -0.4 is 5.56 Å². The first-order valence-corrected chi connectivity index (χ1v) is 4.03. The van der Waals surface area contributed by atoms with E-state index in [2.05, 4.69) is 15.0 Å². The molecule has 0 unspecified atom stereocenters. The Hall–Kier alpha value is -2.04. The summed E-state index contributed by atoms with van der Waals surface area (Å²) in [6.45, 7) is 1.43. The van der Waals surface area contributed by atoms with E-state index in [1.54, 1.807) is 6.07 Å². The van der Waals surface area contributed by atoms with E-state index in [9.17, 15) is 9.59 Å². The summed E-state index contributed by atoms with van der Waals surface area (Å²) in [4.78, 5) is 32.7. The largest absolute Gasteiger partial charge is 0.311 e.